The number of rotatable bonds is 6. The van der Waals surface area contributed by atoms with Crippen LogP contribution in [0, 0.1) is 0 Å². The predicted octanol–water partition coefficient (Wildman–Crippen LogP) is 11.9. The van der Waals surface area contributed by atoms with E-state index in [1.54, 1.807) is 0 Å². The Morgan fingerprint density at radius 1 is 0.489 bits per heavy atom. The molecule has 0 radical (unpaired) electrons. The summed E-state index contributed by atoms with van der Waals surface area (Å²) in [6.07, 6.45) is -0.227. The van der Waals surface area contributed by atoms with Gasteiger partial charge in [0.1, 0.15) is 11.3 Å². The van der Waals surface area contributed by atoms with Crippen LogP contribution in [0.5, 0.6) is 5.75 Å². The molecule has 0 saturated carbocycles. The third-order valence-electron chi connectivity index (χ3n) is 8.90. The molecule has 9 rings (SSSR count). The maximum absolute atomic E-state index is 6.71. The zero-order chi connectivity index (χ0) is 31.2. The summed E-state index contributed by atoms with van der Waals surface area (Å²) in [7, 11) is 0. The molecule has 0 bridgehead atoms. The SMILES string of the molecule is c1ccc(-c2ccc(-c3cccc(N(c4ccccc4)c4cccc5c4oc4cc6c(cc45)OC(c4ccccc4)N6)c3)cc2)cc1. The van der Waals surface area contributed by atoms with Crippen molar-refractivity contribution in [3.63, 3.8) is 0 Å². The predicted molar refractivity (Wildman–Crippen MR) is 193 cm³/mol. The van der Waals surface area contributed by atoms with Crippen molar-refractivity contribution in [2.24, 2.45) is 0 Å². The quantitative estimate of drug-likeness (QED) is 0.204. The van der Waals surface area contributed by atoms with E-state index in [1.807, 2.05) is 30.3 Å². The van der Waals surface area contributed by atoms with E-state index in [-0.39, 0.29) is 6.23 Å². The summed E-state index contributed by atoms with van der Waals surface area (Å²) >= 11 is 0. The number of hydrogen-bond donors (Lipinski definition) is 1. The number of nitrogens with zero attached hydrogens (tertiary/aromatic N) is 1. The van der Waals surface area contributed by atoms with Crippen molar-refractivity contribution < 1.29 is 9.15 Å². The fourth-order valence-electron chi connectivity index (χ4n) is 6.59. The zero-order valence-corrected chi connectivity index (χ0v) is 25.5. The largest absolute Gasteiger partial charge is 0.464 e. The first kappa shape index (κ1) is 27.1. The van der Waals surface area contributed by atoms with Gasteiger partial charge < -0.3 is 19.4 Å². The Morgan fingerprint density at radius 3 is 1.87 bits per heavy atom. The van der Waals surface area contributed by atoms with Crippen LogP contribution in [0.25, 0.3) is 44.2 Å². The molecule has 2 heterocycles. The second-order valence-corrected chi connectivity index (χ2v) is 11.8. The zero-order valence-electron chi connectivity index (χ0n) is 25.5. The highest BCUT2D eigenvalue weighted by Gasteiger charge is 2.26. The Morgan fingerprint density at radius 2 is 1.11 bits per heavy atom. The summed E-state index contributed by atoms with van der Waals surface area (Å²) in [5, 5.41) is 5.58. The van der Waals surface area contributed by atoms with E-state index in [2.05, 4.69) is 150 Å². The van der Waals surface area contributed by atoms with Gasteiger partial charge in [-0.15, -0.1) is 0 Å². The number of anilines is 4. The average molecular weight is 607 g/mol. The van der Waals surface area contributed by atoms with Gasteiger partial charge in [-0.3, -0.25) is 0 Å². The van der Waals surface area contributed by atoms with Crippen molar-refractivity contribution in [3.05, 3.63) is 175 Å². The van der Waals surface area contributed by atoms with Crippen molar-refractivity contribution in [2.45, 2.75) is 6.23 Å². The molecule has 1 aliphatic heterocycles. The van der Waals surface area contributed by atoms with Crippen molar-refractivity contribution in [2.75, 3.05) is 10.2 Å². The molecule has 47 heavy (non-hydrogen) atoms. The molecule has 1 N–H and O–H groups in total. The fourth-order valence-corrected chi connectivity index (χ4v) is 6.59. The van der Waals surface area contributed by atoms with E-state index in [9.17, 15) is 0 Å². The summed E-state index contributed by atoms with van der Waals surface area (Å²) in [5.41, 5.74) is 11.5. The second-order valence-electron chi connectivity index (χ2n) is 11.8. The van der Waals surface area contributed by atoms with Crippen molar-refractivity contribution in [1.29, 1.82) is 0 Å². The van der Waals surface area contributed by atoms with Crippen LogP contribution in [0.15, 0.2) is 174 Å². The lowest BCUT2D eigenvalue weighted by Gasteiger charge is -2.26. The maximum atomic E-state index is 6.71. The third-order valence-corrected chi connectivity index (χ3v) is 8.90. The van der Waals surface area contributed by atoms with Crippen molar-refractivity contribution in [3.8, 4) is 28.0 Å². The van der Waals surface area contributed by atoms with E-state index in [0.717, 1.165) is 67.1 Å². The minimum Gasteiger partial charge on any atom is -0.464 e. The van der Waals surface area contributed by atoms with Crippen LogP contribution < -0.4 is 15.0 Å². The van der Waals surface area contributed by atoms with Gasteiger partial charge in [0.05, 0.1) is 11.4 Å². The Balaban J connectivity index is 1.12. The molecule has 1 atom stereocenters. The molecule has 224 valence electrons. The number of benzene rings is 7. The summed E-state index contributed by atoms with van der Waals surface area (Å²) in [4.78, 5) is 2.28. The highest BCUT2D eigenvalue weighted by atomic mass is 16.5. The van der Waals surface area contributed by atoms with Crippen LogP contribution in [0.1, 0.15) is 11.8 Å². The molecule has 0 aliphatic carbocycles. The van der Waals surface area contributed by atoms with Crippen molar-refractivity contribution in [1.82, 2.24) is 0 Å². The number of hydrogen-bond acceptors (Lipinski definition) is 4. The minimum atomic E-state index is -0.227. The maximum Gasteiger partial charge on any atom is 0.196 e. The average Bonchev–Trinajstić information content (AvgIpc) is 3.73. The molecule has 0 fully saturated rings. The molecular formula is C43H30N2O2. The van der Waals surface area contributed by atoms with Crippen LogP contribution in [0.3, 0.4) is 0 Å². The van der Waals surface area contributed by atoms with Gasteiger partial charge in [-0.25, -0.2) is 0 Å². The molecule has 8 aromatic rings. The molecule has 1 unspecified atom stereocenters. The van der Waals surface area contributed by atoms with Crippen LogP contribution in [-0.2, 0) is 0 Å². The lowest BCUT2D eigenvalue weighted by molar-refractivity contribution is 0.260. The molecule has 0 amide bonds. The number of fused-ring (bicyclic) bond motifs is 4. The van der Waals surface area contributed by atoms with Gasteiger partial charge >= 0.3 is 0 Å². The van der Waals surface area contributed by atoms with Gasteiger partial charge in [0.2, 0.25) is 0 Å². The van der Waals surface area contributed by atoms with Gasteiger partial charge in [-0.05, 0) is 58.7 Å². The topological polar surface area (TPSA) is 37.6 Å². The lowest BCUT2D eigenvalue weighted by Crippen LogP contribution is -2.10. The number of nitrogens with one attached hydrogen (secondary N) is 1. The van der Waals surface area contributed by atoms with Gasteiger partial charge in [0.15, 0.2) is 11.8 Å². The lowest BCUT2D eigenvalue weighted by atomic mass is 9.99. The van der Waals surface area contributed by atoms with Crippen LogP contribution in [0.4, 0.5) is 22.7 Å². The first-order chi connectivity index (χ1) is 23.3. The van der Waals surface area contributed by atoms with E-state index in [1.165, 1.54) is 11.1 Å². The van der Waals surface area contributed by atoms with Crippen LogP contribution in [0.2, 0.25) is 0 Å². The van der Waals surface area contributed by atoms with Crippen molar-refractivity contribution >= 4 is 44.7 Å². The molecule has 0 saturated heterocycles. The van der Waals surface area contributed by atoms with E-state index in [4.69, 9.17) is 9.15 Å². The number of furan rings is 1. The monoisotopic (exact) mass is 606 g/mol. The summed E-state index contributed by atoms with van der Waals surface area (Å²) < 4.78 is 13.1. The van der Waals surface area contributed by atoms with Gasteiger partial charge in [-0.1, -0.05) is 127 Å². The van der Waals surface area contributed by atoms with E-state index < -0.39 is 0 Å². The Labute approximate surface area is 273 Å². The molecule has 1 aliphatic rings. The van der Waals surface area contributed by atoms with Crippen LogP contribution in [-0.4, -0.2) is 0 Å². The summed E-state index contributed by atoms with van der Waals surface area (Å²) in [6.45, 7) is 0. The van der Waals surface area contributed by atoms with Crippen LogP contribution >= 0.6 is 0 Å². The van der Waals surface area contributed by atoms with Gasteiger partial charge in [0, 0.05) is 33.8 Å². The smallest absolute Gasteiger partial charge is 0.196 e. The van der Waals surface area contributed by atoms with Gasteiger partial charge in [0.25, 0.3) is 0 Å². The Hall–Kier alpha value is -6.26. The minimum absolute atomic E-state index is 0.227. The summed E-state index contributed by atoms with van der Waals surface area (Å²) in [6, 6.07) is 59.2. The molecule has 0 spiro atoms. The normalized spacial score (nSPS) is 13.7. The fraction of sp³-hybridized carbons (Fsp3) is 0.0233. The number of para-hydroxylation sites is 2. The first-order valence-electron chi connectivity index (χ1n) is 15.9. The summed E-state index contributed by atoms with van der Waals surface area (Å²) in [5.74, 6) is 0.824. The second kappa shape index (κ2) is 11.3. The molecule has 7 aromatic carbocycles. The Kier molecular flexibility index (Phi) is 6.50. The molecule has 4 heteroatoms. The Bertz CT molecular complexity index is 2350. The first-order valence-corrected chi connectivity index (χ1v) is 15.9. The third kappa shape index (κ3) is 4.88. The molecule has 4 nitrogen and oxygen atoms in total. The van der Waals surface area contributed by atoms with Gasteiger partial charge in [-0.2, -0.15) is 0 Å². The molecule has 1 aromatic heterocycles. The molecular weight excluding hydrogens is 576 g/mol. The van der Waals surface area contributed by atoms with E-state index >= 15 is 0 Å². The van der Waals surface area contributed by atoms with E-state index in [0.29, 0.717) is 0 Å². The standard InChI is InChI=1S/C43H30N2O2/c1-4-12-29(13-5-1)30-22-24-31(25-23-30)33-16-10-19-35(26-33)45(34-17-8-3-9-18-34)39-21-11-20-36-37-27-41-38(28-40(37)46-42(36)39)44-43(47-41)32-14-6-2-7-15-32/h1-28,43-44H. The highest BCUT2D eigenvalue weighted by molar-refractivity contribution is 6.11. The highest BCUT2D eigenvalue weighted by Crippen LogP contribution is 2.46. The number of ether oxygens (including phenoxy) is 1.